The molecule has 0 aliphatic rings. The van der Waals surface area contributed by atoms with Gasteiger partial charge in [-0.05, 0) is 42.3 Å². The maximum Gasteiger partial charge on any atom is 0.251 e. The van der Waals surface area contributed by atoms with Crippen molar-refractivity contribution in [1.82, 2.24) is 14.9 Å². The lowest BCUT2D eigenvalue weighted by Crippen LogP contribution is -2.25. The Kier molecular flexibility index (Phi) is 3.69. The lowest BCUT2D eigenvalue weighted by Gasteiger charge is -2.06. The SMILES string of the molecule is Cn1ccc2cc(C(=O)NCCc3cccnc3)ccc21. The number of hydrogen-bond donors (Lipinski definition) is 1. The fraction of sp³-hybridized carbons (Fsp3) is 0.176. The second kappa shape index (κ2) is 5.79. The summed E-state index contributed by atoms with van der Waals surface area (Å²) in [5, 5.41) is 4.03. The van der Waals surface area contributed by atoms with Crippen molar-refractivity contribution < 1.29 is 4.79 Å². The molecule has 0 radical (unpaired) electrons. The summed E-state index contributed by atoms with van der Waals surface area (Å²) in [6.07, 6.45) is 6.35. The molecule has 0 unspecified atom stereocenters. The van der Waals surface area contributed by atoms with E-state index in [1.165, 1.54) is 0 Å². The average molecular weight is 279 g/mol. The number of aromatic nitrogens is 2. The van der Waals surface area contributed by atoms with Crippen LogP contribution in [0.4, 0.5) is 0 Å². The van der Waals surface area contributed by atoms with E-state index in [0.717, 1.165) is 22.9 Å². The van der Waals surface area contributed by atoms with E-state index in [9.17, 15) is 4.79 Å². The van der Waals surface area contributed by atoms with Crippen molar-refractivity contribution in [3.63, 3.8) is 0 Å². The maximum absolute atomic E-state index is 12.2. The summed E-state index contributed by atoms with van der Waals surface area (Å²) in [6, 6.07) is 11.7. The number of rotatable bonds is 4. The van der Waals surface area contributed by atoms with Gasteiger partial charge in [-0.15, -0.1) is 0 Å². The highest BCUT2D eigenvalue weighted by atomic mass is 16.1. The van der Waals surface area contributed by atoms with Crippen LogP contribution in [0.15, 0.2) is 55.0 Å². The summed E-state index contributed by atoms with van der Waals surface area (Å²) in [5.74, 6) is -0.0374. The van der Waals surface area contributed by atoms with E-state index < -0.39 is 0 Å². The van der Waals surface area contributed by atoms with Crippen molar-refractivity contribution >= 4 is 16.8 Å². The predicted molar refractivity (Wildman–Crippen MR) is 83.2 cm³/mol. The number of carbonyl (C=O) groups is 1. The minimum atomic E-state index is -0.0374. The molecule has 1 aromatic carbocycles. The maximum atomic E-state index is 12.2. The Labute approximate surface area is 123 Å². The van der Waals surface area contributed by atoms with Gasteiger partial charge in [0, 0.05) is 48.6 Å². The lowest BCUT2D eigenvalue weighted by molar-refractivity contribution is 0.0954. The summed E-state index contributed by atoms with van der Waals surface area (Å²) in [4.78, 5) is 16.2. The Morgan fingerprint density at radius 1 is 1.29 bits per heavy atom. The number of aryl methyl sites for hydroxylation is 1. The van der Waals surface area contributed by atoms with Crippen molar-refractivity contribution in [2.75, 3.05) is 6.54 Å². The number of benzene rings is 1. The molecule has 1 amide bonds. The quantitative estimate of drug-likeness (QED) is 0.798. The summed E-state index contributed by atoms with van der Waals surface area (Å²) < 4.78 is 2.04. The molecular weight excluding hydrogens is 262 g/mol. The van der Waals surface area contributed by atoms with Crippen LogP contribution in [0.1, 0.15) is 15.9 Å². The normalized spacial score (nSPS) is 10.7. The van der Waals surface area contributed by atoms with Crippen LogP contribution in [0.2, 0.25) is 0 Å². The minimum Gasteiger partial charge on any atom is -0.352 e. The Balaban J connectivity index is 1.64. The fourth-order valence-electron chi connectivity index (χ4n) is 2.39. The average Bonchev–Trinajstić information content (AvgIpc) is 2.89. The number of fused-ring (bicyclic) bond motifs is 1. The molecule has 3 aromatic rings. The molecule has 0 aliphatic carbocycles. The largest absolute Gasteiger partial charge is 0.352 e. The molecule has 4 heteroatoms. The topological polar surface area (TPSA) is 46.9 Å². The molecule has 0 spiro atoms. The van der Waals surface area contributed by atoms with Crippen LogP contribution in [0, 0.1) is 0 Å². The lowest BCUT2D eigenvalue weighted by atomic mass is 10.1. The van der Waals surface area contributed by atoms with E-state index >= 15 is 0 Å². The number of nitrogens with one attached hydrogen (secondary N) is 1. The Hall–Kier alpha value is -2.62. The third-order valence-corrected chi connectivity index (χ3v) is 3.57. The monoisotopic (exact) mass is 279 g/mol. The standard InChI is InChI=1S/C17H17N3O/c1-20-10-7-14-11-15(4-5-16(14)20)17(21)19-9-6-13-3-2-8-18-12-13/h2-5,7-8,10-12H,6,9H2,1H3,(H,19,21). The number of pyridine rings is 1. The van der Waals surface area contributed by atoms with E-state index in [4.69, 9.17) is 0 Å². The van der Waals surface area contributed by atoms with Crippen LogP contribution in [-0.2, 0) is 13.5 Å². The highest BCUT2D eigenvalue weighted by molar-refractivity contribution is 5.98. The molecular formula is C17H17N3O. The smallest absolute Gasteiger partial charge is 0.251 e. The van der Waals surface area contributed by atoms with Gasteiger partial charge >= 0.3 is 0 Å². The summed E-state index contributed by atoms with van der Waals surface area (Å²) in [7, 11) is 2.00. The van der Waals surface area contributed by atoms with Crippen LogP contribution in [0.5, 0.6) is 0 Å². The van der Waals surface area contributed by atoms with Gasteiger partial charge in [-0.25, -0.2) is 0 Å². The molecule has 0 saturated heterocycles. The molecule has 1 N–H and O–H groups in total. The third-order valence-electron chi connectivity index (χ3n) is 3.57. The molecule has 0 saturated carbocycles. The van der Waals surface area contributed by atoms with Gasteiger partial charge < -0.3 is 9.88 Å². The Morgan fingerprint density at radius 3 is 3.00 bits per heavy atom. The van der Waals surface area contributed by atoms with Gasteiger partial charge in [0.25, 0.3) is 5.91 Å². The van der Waals surface area contributed by atoms with Gasteiger partial charge in [-0.2, -0.15) is 0 Å². The Morgan fingerprint density at radius 2 is 2.19 bits per heavy atom. The van der Waals surface area contributed by atoms with Crippen molar-refractivity contribution in [3.05, 3.63) is 66.1 Å². The molecule has 3 rings (SSSR count). The fourth-order valence-corrected chi connectivity index (χ4v) is 2.39. The zero-order valence-electron chi connectivity index (χ0n) is 11.9. The molecule has 0 atom stereocenters. The van der Waals surface area contributed by atoms with E-state index in [1.54, 1.807) is 6.20 Å². The van der Waals surface area contributed by atoms with Crippen LogP contribution in [-0.4, -0.2) is 22.0 Å². The minimum absolute atomic E-state index is 0.0374. The van der Waals surface area contributed by atoms with Gasteiger partial charge in [0.05, 0.1) is 0 Å². The van der Waals surface area contributed by atoms with Gasteiger partial charge in [-0.1, -0.05) is 6.07 Å². The Bertz CT molecular complexity index is 762. The molecule has 0 fully saturated rings. The highest BCUT2D eigenvalue weighted by Crippen LogP contribution is 2.16. The van der Waals surface area contributed by atoms with E-state index in [1.807, 2.05) is 60.4 Å². The van der Waals surface area contributed by atoms with E-state index in [2.05, 4.69) is 10.3 Å². The van der Waals surface area contributed by atoms with Crippen molar-refractivity contribution in [2.45, 2.75) is 6.42 Å². The zero-order valence-corrected chi connectivity index (χ0v) is 11.9. The number of hydrogen-bond acceptors (Lipinski definition) is 2. The van der Waals surface area contributed by atoms with Crippen molar-refractivity contribution in [1.29, 1.82) is 0 Å². The van der Waals surface area contributed by atoms with E-state index in [0.29, 0.717) is 12.1 Å². The molecule has 2 heterocycles. The van der Waals surface area contributed by atoms with Crippen molar-refractivity contribution in [2.24, 2.45) is 7.05 Å². The number of carbonyl (C=O) groups excluding carboxylic acids is 1. The summed E-state index contributed by atoms with van der Waals surface area (Å²) in [5.41, 5.74) is 2.94. The number of nitrogens with zero attached hydrogens (tertiary/aromatic N) is 2. The molecule has 21 heavy (non-hydrogen) atoms. The van der Waals surface area contributed by atoms with Gasteiger partial charge in [0.1, 0.15) is 0 Å². The zero-order chi connectivity index (χ0) is 14.7. The van der Waals surface area contributed by atoms with Crippen LogP contribution < -0.4 is 5.32 Å². The van der Waals surface area contributed by atoms with Gasteiger partial charge in [0.15, 0.2) is 0 Å². The summed E-state index contributed by atoms with van der Waals surface area (Å²) in [6.45, 7) is 0.608. The van der Waals surface area contributed by atoms with Crippen LogP contribution >= 0.6 is 0 Å². The third kappa shape index (κ3) is 2.94. The first-order chi connectivity index (χ1) is 10.2. The second-order valence-electron chi connectivity index (χ2n) is 5.07. The first-order valence-corrected chi connectivity index (χ1v) is 6.96. The second-order valence-corrected chi connectivity index (χ2v) is 5.07. The van der Waals surface area contributed by atoms with Crippen LogP contribution in [0.25, 0.3) is 10.9 Å². The van der Waals surface area contributed by atoms with Crippen molar-refractivity contribution in [3.8, 4) is 0 Å². The molecule has 0 bridgehead atoms. The summed E-state index contributed by atoms with van der Waals surface area (Å²) >= 11 is 0. The highest BCUT2D eigenvalue weighted by Gasteiger charge is 2.07. The van der Waals surface area contributed by atoms with Gasteiger partial charge in [-0.3, -0.25) is 9.78 Å². The first-order valence-electron chi connectivity index (χ1n) is 6.96. The molecule has 4 nitrogen and oxygen atoms in total. The number of amides is 1. The molecule has 0 aliphatic heterocycles. The molecule has 106 valence electrons. The molecule has 2 aromatic heterocycles. The first kappa shape index (κ1) is 13.4. The van der Waals surface area contributed by atoms with E-state index in [-0.39, 0.29) is 5.91 Å². The van der Waals surface area contributed by atoms with Gasteiger partial charge in [0.2, 0.25) is 0 Å². The predicted octanol–water partition coefficient (Wildman–Crippen LogP) is 2.55. The van der Waals surface area contributed by atoms with Crippen LogP contribution in [0.3, 0.4) is 0 Å².